The highest BCUT2D eigenvalue weighted by atomic mass is 32.1. The number of ketones is 2. The van der Waals surface area contributed by atoms with Crippen molar-refractivity contribution in [2.75, 3.05) is 126 Å². The molecule has 5 aliphatic heterocycles. The number of nitrogens with two attached hydrogens (primary N) is 1. The Hall–Kier alpha value is -8.32. The number of nitrogen functional groups attached to an aromatic ring is 1. The topological polar surface area (TPSA) is 286 Å². The Bertz CT molecular complexity index is 3280. The molecule has 25 nitrogen and oxygen atoms in total. The molecular weight excluding hydrogens is 1160 g/mol. The molecule has 86 heavy (non-hydrogen) atoms. The Balaban J connectivity index is 0.000000140. The van der Waals surface area contributed by atoms with E-state index in [2.05, 4.69) is 91.8 Å². The monoisotopic (exact) mass is 1230 g/mol. The van der Waals surface area contributed by atoms with Gasteiger partial charge in [-0.3, -0.25) is 9.59 Å². The summed E-state index contributed by atoms with van der Waals surface area (Å²) < 4.78 is 37.5. The van der Waals surface area contributed by atoms with E-state index in [0.29, 0.717) is 57.6 Å². The lowest BCUT2D eigenvalue weighted by atomic mass is 10.0. The third-order valence-corrected chi connectivity index (χ3v) is 17.4. The molecule has 30 heteroatoms. The molecular formula is C56H65F2N21O4S3. The van der Waals surface area contributed by atoms with Gasteiger partial charge in [-0.15, -0.1) is 45.9 Å². The molecule has 6 aromatic heterocycles. The van der Waals surface area contributed by atoms with Gasteiger partial charge in [0, 0.05) is 102 Å². The largest absolute Gasteiger partial charge is 0.374 e. The SMILES string of the molecule is CO[C@@H](C(=O)Cc1nnc(N[C@@H]2CCN(c3cccnn3)C2)s1)c1cccc(N2CC(F)C2)c1.CO[C@H](C(=O)Cc1nnc(N[C@@H]2CCN(c3cccnn3)C2)s1)c1cccc(N2CC(F)C2)c1.Nc1nnc(N[C@@H]2CCN(c3cccnn3)C2)s1. The summed E-state index contributed by atoms with van der Waals surface area (Å²) in [6.45, 7) is 6.75. The maximum atomic E-state index is 13.2. The fourth-order valence-electron chi connectivity index (χ4n) is 10.7. The van der Waals surface area contributed by atoms with Gasteiger partial charge in [0.2, 0.25) is 20.5 Å². The Morgan fingerprint density at radius 1 is 0.512 bits per heavy atom. The molecule has 13 rings (SSSR count). The zero-order chi connectivity index (χ0) is 59.4. The number of halogens is 2. The first-order chi connectivity index (χ1) is 42.0. The highest BCUT2D eigenvalue weighted by Crippen LogP contribution is 2.32. The van der Waals surface area contributed by atoms with Crippen LogP contribution in [0, 0.1) is 0 Å². The van der Waals surface area contributed by atoms with Crippen LogP contribution in [0.25, 0.3) is 0 Å². The second-order valence-electron chi connectivity index (χ2n) is 21.1. The van der Waals surface area contributed by atoms with Crippen LogP contribution < -0.4 is 46.2 Å². The summed E-state index contributed by atoms with van der Waals surface area (Å²) >= 11 is 4.14. The van der Waals surface area contributed by atoms with Gasteiger partial charge in [-0.1, -0.05) is 58.3 Å². The standard InChI is InChI=1S/2C23H26FN7O2S.C10H13N7S/c2*1-33-22(15-4-2-5-18(10-15)31-12-16(24)13-31)19(32)11-21-28-29-23(34-21)26-17-7-9-30(14-17)20-6-3-8-25-27-20;11-9-15-16-10(18-9)13-7-3-5-17(6-7)8-2-1-4-12-14-8/h2*2-6,8,10,16-17,22H,7,9,11-14H2,1H3,(H,26,29);1-2,4,7H,3,5-6H2,(H2,11,15)(H,13,16)/t17-,22+;17-,22-;7-/m111/s1. The van der Waals surface area contributed by atoms with Crippen molar-refractivity contribution in [2.24, 2.45) is 0 Å². The molecule has 0 unspecified atom stereocenters. The van der Waals surface area contributed by atoms with Crippen LogP contribution in [0.5, 0.6) is 0 Å². The predicted molar refractivity (Wildman–Crippen MR) is 327 cm³/mol. The molecule has 450 valence electrons. The van der Waals surface area contributed by atoms with E-state index in [-0.39, 0.29) is 36.5 Å². The van der Waals surface area contributed by atoms with E-state index in [9.17, 15) is 18.4 Å². The van der Waals surface area contributed by atoms with E-state index in [1.807, 2.05) is 94.7 Å². The van der Waals surface area contributed by atoms with Crippen molar-refractivity contribution >= 4 is 94.9 Å². The van der Waals surface area contributed by atoms with E-state index in [4.69, 9.17) is 15.2 Å². The summed E-state index contributed by atoms with van der Waals surface area (Å²) in [6, 6.07) is 27.4. The molecule has 0 saturated carbocycles. The van der Waals surface area contributed by atoms with Gasteiger partial charge in [-0.2, -0.15) is 15.3 Å². The minimum atomic E-state index is -0.789. The quantitative estimate of drug-likeness (QED) is 0.0646. The lowest BCUT2D eigenvalue weighted by Crippen LogP contribution is -2.48. The molecule has 5 atom stereocenters. The van der Waals surface area contributed by atoms with Gasteiger partial charge < -0.3 is 55.7 Å². The molecule has 5 fully saturated rings. The number of rotatable bonds is 21. The first kappa shape index (κ1) is 59.4. The molecule has 0 bridgehead atoms. The Morgan fingerprint density at radius 3 is 1.23 bits per heavy atom. The summed E-state index contributed by atoms with van der Waals surface area (Å²) in [5.74, 6) is 2.46. The number of hydrogen-bond donors (Lipinski definition) is 4. The van der Waals surface area contributed by atoms with Gasteiger partial charge in [-0.05, 0) is 91.1 Å². The van der Waals surface area contributed by atoms with Crippen molar-refractivity contribution in [1.29, 1.82) is 0 Å². The fraction of sp³-hybridized carbons (Fsp3) is 0.429. The van der Waals surface area contributed by atoms with Crippen LogP contribution in [-0.4, -0.2) is 183 Å². The molecule has 2 aromatic carbocycles. The average molecular weight is 1230 g/mol. The van der Waals surface area contributed by atoms with Crippen LogP contribution in [0.4, 0.5) is 58.1 Å². The number of anilines is 9. The number of nitrogens with one attached hydrogen (secondary N) is 3. The van der Waals surface area contributed by atoms with Crippen molar-refractivity contribution in [2.45, 2.75) is 74.8 Å². The number of methoxy groups -OCH3 is 2. The normalized spacial score (nSPS) is 19.2. The molecule has 5 saturated heterocycles. The van der Waals surface area contributed by atoms with Crippen molar-refractivity contribution in [3.8, 4) is 0 Å². The first-order valence-electron chi connectivity index (χ1n) is 28.2. The maximum Gasteiger partial charge on any atom is 0.207 e. The van der Waals surface area contributed by atoms with Crippen molar-refractivity contribution < 1.29 is 27.8 Å². The molecule has 0 amide bonds. The van der Waals surface area contributed by atoms with Crippen LogP contribution in [0.15, 0.2) is 104 Å². The molecule has 5 N–H and O–H groups in total. The average Bonchev–Trinajstić information content (AvgIpc) is 3.59. The zero-order valence-corrected chi connectivity index (χ0v) is 49.7. The van der Waals surface area contributed by atoms with Gasteiger partial charge >= 0.3 is 0 Å². The van der Waals surface area contributed by atoms with Crippen LogP contribution in [0.2, 0.25) is 0 Å². The number of benzene rings is 2. The van der Waals surface area contributed by atoms with Crippen LogP contribution in [-0.2, 0) is 31.9 Å². The highest BCUT2D eigenvalue weighted by molar-refractivity contribution is 7.18. The van der Waals surface area contributed by atoms with Crippen LogP contribution in [0.3, 0.4) is 0 Å². The van der Waals surface area contributed by atoms with Gasteiger partial charge in [0.25, 0.3) is 0 Å². The van der Waals surface area contributed by atoms with Gasteiger partial charge in [0.15, 0.2) is 29.0 Å². The molecule has 0 radical (unpaired) electrons. The fourth-order valence-corrected chi connectivity index (χ4v) is 12.9. The van der Waals surface area contributed by atoms with Crippen LogP contribution in [0.1, 0.15) is 52.6 Å². The number of aromatic nitrogens is 12. The van der Waals surface area contributed by atoms with Crippen LogP contribution >= 0.6 is 34.0 Å². The lowest BCUT2D eigenvalue weighted by Gasteiger charge is -2.36. The summed E-state index contributed by atoms with van der Waals surface area (Å²) in [7, 11) is 3.04. The second-order valence-corrected chi connectivity index (χ2v) is 24.3. The van der Waals surface area contributed by atoms with Gasteiger partial charge in [0.1, 0.15) is 34.6 Å². The number of carbonyl (C=O) groups is 2. The first-order valence-corrected chi connectivity index (χ1v) is 30.6. The van der Waals surface area contributed by atoms with E-state index in [1.165, 1.54) is 48.2 Å². The molecule has 0 aliphatic carbocycles. The predicted octanol–water partition coefficient (Wildman–Crippen LogP) is 5.95. The summed E-state index contributed by atoms with van der Waals surface area (Å²) in [5.41, 5.74) is 8.85. The molecule has 5 aliphatic rings. The van der Waals surface area contributed by atoms with E-state index in [1.54, 1.807) is 18.6 Å². The molecule has 8 aromatic rings. The Labute approximate surface area is 506 Å². The van der Waals surface area contributed by atoms with E-state index < -0.39 is 24.6 Å². The highest BCUT2D eigenvalue weighted by Gasteiger charge is 2.32. The van der Waals surface area contributed by atoms with Crippen molar-refractivity contribution in [1.82, 2.24) is 61.2 Å². The summed E-state index contributed by atoms with van der Waals surface area (Å²) in [4.78, 5) is 36.5. The number of carbonyl (C=O) groups excluding carboxylic acids is 2. The third-order valence-electron chi connectivity index (χ3n) is 15.0. The number of nitrogens with zero attached hydrogens (tertiary/aromatic N) is 17. The number of alkyl halides is 2. The van der Waals surface area contributed by atoms with Gasteiger partial charge in [0.05, 0.1) is 39.0 Å². The number of hydrogen-bond acceptors (Lipinski definition) is 28. The molecule has 0 spiro atoms. The lowest BCUT2D eigenvalue weighted by molar-refractivity contribution is -0.129. The van der Waals surface area contributed by atoms with Crippen molar-refractivity contribution in [3.63, 3.8) is 0 Å². The zero-order valence-electron chi connectivity index (χ0n) is 47.3. The Morgan fingerprint density at radius 2 is 0.895 bits per heavy atom. The van der Waals surface area contributed by atoms with E-state index >= 15 is 0 Å². The van der Waals surface area contributed by atoms with Crippen molar-refractivity contribution in [3.05, 3.63) is 125 Å². The number of Topliss-reactive ketones (excluding diaryl/α,β-unsaturated/α-hetero) is 2. The smallest absolute Gasteiger partial charge is 0.207 e. The minimum Gasteiger partial charge on any atom is -0.374 e. The summed E-state index contributed by atoms with van der Waals surface area (Å²) in [6.07, 6.45) is 5.22. The minimum absolute atomic E-state index is 0.0935. The van der Waals surface area contributed by atoms with Gasteiger partial charge in [-0.25, -0.2) is 8.78 Å². The summed E-state index contributed by atoms with van der Waals surface area (Å²) in [5, 5.41) is 63.0. The third kappa shape index (κ3) is 15.4. The Kier molecular flexibility index (Phi) is 19.5. The molecule has 11 heterocycles. The number of ether oxygens (including phenoxy) is 2. The van der Waals surface area contributed by atoms with E-state index in [0.717, 1.165) is 104 Å². The maximum absolute atomic E-state index is 13.2. The second kappa shape index (κ2) is 28.3.